The van der Waals surface area contributed by atoms with Gasteiger partial charge in [0.05, 0.1) is 18.3 Å². The Labute approximate surface area is 168 Å². The highest BCUT2D eigenvalue weighted by atomic mass is 32.2. The lowest BCUT2D eigenvalue weighted by atomic mass is 10.0. The molecule has 0 aliphatic carbocycles. The van der Waals surface area contributed by atoms with E-state index in [-0.39, 0.29) is 5.91 Å². The van der Waals surface area contributed by atoms with Crippen LogP contribution in [-0.2, 0) is 21.5 Å². The maximum absolute atomic E-state index is 13.2. The lowest BCUT2D eigenvalue weighted by Gasteiger charge is -2.36. The van der Waals surface area contributed by atoms with E-state index in [0.717, 1.165) is 12.8 Å². The molecule has 1 saturated heterocycles. The zero-order valence-corrected chi connectivity index (χ0v) is 18.3. The summed E-state index contributed by atoms with van der Waals surface area (Å²) in [7, 11) is -0.120. The molecule has 0 spiro atoms. The second-order valence-corrected chi connectivity index (χ2v) is 8.82. The van der Waals surface area contributed by atoms with Crippen LogP contribution in [-0.4, -0.2) is 71.5 Å². The number of hydrogen-bond donors (Lipinski definition) is 1. The summed E-state index contributed by atoms with van der Waals surface area (Å²) in [6.07, 6.45) is 2.42. The van der Waals surface area contributed by atoms with Crippen LogP contribution in [0.3, 0.4) is 0 Å². The Bertz CT molecular complexity index is 782. The number of carbonyl (C=O) groups is 1. The van der Waals surface area contributed by atoms with Gasteiger partial charge in [-0.1, -0.05) is 20.3 Å². The maximum atomic E-state index is 13.2. The number of carbonyl (C=O) groups excluding carboxylic acids is 1. The minimum Gasteiger partial charge on any atom is -0.373 e. The Morgan fingerprint density at radius 2 is 1.96 bits per heavy atom. The minimum atomic E-state index is -3.59. The second kappa shape index (κ2) is 9.62. The zero-order valence-electron chi connectivity index (χ0n) is 17.5. The van der Waals surface area contributed by atoms with E-state index in [1.165, 1.54) is 15.5 Å². The van der Waals surface area contributed by atoms with Crippen molar-refractivity contribution in [2.45, 2.75) is 52.6 Å². The van der Waals surface area contributed by atoms with E-state index >= 15 is 0 Å². The number of hydrogen-bond acceptors (Lipinski definition) is 6. The fourth-order valence-electron chi connectivity index (χ4n) is 3.37. The summed E-state index contributed by atoms with van der Waals surface area (Å²) in [6, 6.07) is 1.38. The van der Waals surface area contributed by atoms with Gasteiger partial charge in [0.1, 0.15) is 11.6 Å². The topological polar surface area (TPSA) is 98.7 Å². The standard InChI is InChI=1S/C18H32N6O3S/c1-6-23(7-2)28(26,27)24-11-9-8-10-16(24)18-20-15(12-17(19-4)21-18)13-22(5)14(3)25/h12,16H,6-11,13H2,1-5H3,(H,19,20,21)/t16-/m1/s1. The lowest BCUT2D eigenvalue weighted by Crippen LogP contribution is -2.47. The third-order valence-corrected chi connectivity index (χ3v) is 7.27. The number of piperidine rings is 1. The summed E-state index contributed by atoms with van der Waals surface area (Å²) in [6.45, 7) is 6.83. The van der Waals surface area contributed by atoms with Crippen LogP contribution >= 0.6 is 0 Å². The summed E-state index contributed by atoms with van der Waals surface area (Å²) in [5, 5.41) is 3.02. The van der Waals surface area contributed by atoms with Gasteiger partial charge in [0.25, 0.3) is 10.2 Å². The molecule has 1 atom stereocenters. The van der Waals surface area contributed by atoms with Crippen molar-refractivity contribution in [3.8, 4) is 0 Å². The number of amides is 1. The highest BCUT2D eigenvalue weighted by Crippen LogP contribution is 2.33. The molecule has 1 N–H and O–H groups in total. The first-order valence-corrected chi connectivity index (χ1v) is 11.2. The normalized spacial score (nSPS) is 18.3. The van der Waals surface area contributed by atoms with Gasteiger partial charge in [-0.2, -0.15) is 17.0 Å². The zero-order chi connectivity index (χ0) is 20.9. The van der Waals surface area contributed by atoms with Crippen molar-refractivity contribution in [2.24, 2.45) is 0 Å². The molecule has 10 heteroatoms. The van der Waals surface area contributed by atoms with E-state index in [1.54, 1.807) is 25.1 Å². The monoisotopic (exact) mass is 412 g/mol. The SMILES string of the molecule is CCN(CC)S(=O)(=O)N1CCCC[C@@H]1c1nc(CN(C)C(C)=O)cc(NC)n1. The Hall–Kier alpha value is -1.78. The molecule has 158 valence electrons. The van der Waals surface area contributed by atoms with Crippen molar-refractivity contribution in [1.82, 2.24) is 23.5 Å². The Kier molecular flexibility index (Phi) is 7.73. The first kappa shape index (κ1) is 22.5. The van der Waals surface area contributed by atoms with E-state index in [4.69, 9.17) is 0 Å². The molecule has 0 unspecified atom stereocenters. The van der Waals surface area contributed by atoms with Crippen molar-refractivity contribution in [3.63, 3.8) is 0 Å². The summed E-state index contributed by atoms with van der Waals surface area (Å²) in [5.74, 6) is 1.03. The first-order chi connectivity index (χ1) is 13.2. The predicted octanol–water partition coefficient (Wildman–Crippen LogP) is 1.61. The average Bonchev–Trinajstić information content (AvgIpc) is 2.68. The van der Waals surface area contributed by atoms with Crippen molar-refractivity contribution in [1.29, 1.82) is 0 Å². The number of nitrogens with one attached hydrogen (secondary N) is 1. The fraction of sp³-hybridized carbons (Fsp3) is 0.722. The predicted molar refractivity (Wildman–Crippen MR) is 109 cm³/mol. The molecule has 2 heterocycles. The van der Waals surface area contributed by atoms with Crippen LogP contribution in [0.1, 0.15) is 57.6 Å². The van der Waals surface area contributed by atoms with E-state index in [0.29, 0.717) is 49.9 Å². The van der Waals surface area contributed by atoms with Gasteiger partial charge in [0.15, 0.2) is 0 Å². The third-order valence-electron chi connectivity index (χ3n) is 5.07. The van der Waals surface area contributed by atoms with Crippen LogP contribution in [0.25, 0.3) is 0 Å². The van der Waals surface area contributed by atoms with E-state index < -0.39 is 16.3 Å². The second-order valence-electron chi connectivity index (χ2n) is 6.94. The highest BCUT2D eigenvalue weighted by Gasteiger charge is 2.38. The molecular formula is C18H32N6O3S. The maximum Gasteiger partial charge on any atom is 0.282 e. The molecule has 0 aromatic carbocycles. The molecule has 0 saturated carbocycles. The molecular weight excluding hydrogens is 380 g/mol. The van der Waals surface area contributed by atoms with Crippen molar-refractivity contribution < 1.29 is 13.2 Å². The molecule has 28 heavy (non-hydrogen) atoms. The lowest BCUT2D eigenvalue weighted by molar-refractivity contribution is -0.128. The quantitative estimate of drug-likeness (QED) is 0.696. The van der Waals surface area contributed by atoms with Crippen LogP contribution in [0.15, 0.2) is 6.07 Å². The van der Waals surface area contributed by atoms with Gasteiger partial charge >= 0.3 is 0 Å². The summed E-state index contributed by atoms with van der Waals surface area (Å²) in [4.78, 5) is 22.3. The average molecular weight is 413 g/mol. The number of anilines is 1. The van der Waals surface area contributed by atoms with Crippen molar-refractivity contribution >= 4 is 21.9 Å². The number of aromatic nitrogens is 2. The van der Waals surface area contributed by atoms with Gasteiger partial charge in [-0.25, -0.2) is 9.97 Å². The van der Waals surface area contributed by atoms with Crippen LogP contribution in [0.5, 0.6) is 0 Å². The molecule has 9 nitrogen and oxygen atoms in total. The van der Waals surface area contributed by atoms with Gasteiger partial charge in [0.2, 0.25) is 5.91 Å². The van der Waals surface area contributed by atoms with Gasteiger partial charge in [-0.05, 0) is 12.8 Å². The smallest absolute Gasteiger partial charge is 0.282 e. The van der Waals surface area contributed by atoms with Gasteiger partial charge in [-0.3, -0.25) is 4.79 Å². The van der Waals surface area contributed by atoms with Crippen LogP contribution in [0.2, 0.25) is 0 Å². The van der Waals surface area contributed by atoms with Gasteiger partial charge in [0, 0.05) is 46.7 Å². The van der Waals surface area contributed by atoms with E-state index in [2.05, 4.69) is 15.3 Å². The summed E-state index contributed by atoms with van der Waals surface area (Å²) in [5.41, 5.74) is 0.679. The van der Waals surface area contributed by atoms with Crippen LogP contribution in [0, 0.1) is 0 Å². The molecule has 1 amide bonds. The van der Waals surface area contributed by atoms with Crippen LogP contribution < -0.4 is 5.32 Å². The number of rotatable bonds is 8. The minimum absolute atomic E-state index is 0.0606. The highest BCUT2D eigenvalue weighted by molar-refractivity contribution is 7.86. The van der Waals surface area contributed by atoms with E-state index in [1.807, 2.05) is 13.8 Å². The molecule has 0 bridgehead atoms. The molecule has 1 aliphatic rings. The summed E-state index contributed by atoms with van der Waals surface area (Å²) < 4.78 is 29.3. The number of nitrogens with zero attached hydrogens (tertiary/aromatic N) is 5. The third kappa shape index (κ3) is 4.98. The largest absolute Gasteiger partial charge is 0.373 e. The fourth-order valence-corrected chi connectivity index (χ4v) is 5.20. The molecule has 1 aliphatic heterocycles. The molecule has 1 fully saturated rings. The molecule has 1 aromatic rings. The van der Waals surface area contributed by atoms with Crippen molar-refractivity contribution in [3.05, 3.63) is 17.6 Å². The van der Waals surface area contributed by atoms with E-state index in [9.17, 15) is 13.2 Å². The van der Waals surface area contributed by atoms with Crippen molar-refractivity contribution in [2.75, 3.05) is 39.0 Å². The Morgan fingerprint density at radius 1 is 1.29 bits per heavy atom. The Morgan fingerprint density at radius 3 is 2.54 bits per heavy atom. The van der Waals surface area contributed by atoms with Gasteiger partial charge in [-0.15, -0.1) is 0 Å². The molecule has 0 radical (unpaired) electrons. The molecule has 2 rings (SSSR count). The summed E-state index contributed by atoms with van der Waals surface area (Å²) >= 11 is 0. The van der Waals surface area contributed by atoms with Gasteiger partial charge < -0.3 is 10.2 Å². The first-order valence-electron chi connectivity index (χ1n) is 9.78. The molecule has 1 aromatic heterocycles. The van der Waals surface area contributed by atoms with Crippen LogP contribution in [0.4, 0.5) is 5.82 Å². The Balaban J connectivity index is 2.43.